The van der Waals surface area contributed by atoms with Crippen molar-refractivity contribution in [2.75, 3.05) is 6.61 Å². The topological polar surface area (TPSA) is 64.1 Å². The Bertz CT molecular complexity index is 699. The van der Waals surface area contributed by atoms with Crippen molar-refractivity contribution in [3.63, 3.8) is 0 Å². The number of ether oxygens (including phenoxy) is 1. The minimum atomic E-state index is -0.349. The van der Waals surface area contributed by atoms with Crippen LogP contribution >= 0.6 is 0 Å². The lowest BCUT2D eigenvalue weighted by molar-refractivity contribution is 0.0367. The largest absolute Gasteiger partial charge is 0.376 e. The third kappa shape index (κ3) is 3.31. The number of H-pyrrole nitrogens is 1. The van der Waals surface area contributed by atoms with Crippen LogP contribution in [0.25, 0.3) is 0 Å². The second-order valence-electron chi connectivity index (χ2n) is 5.51. The van der Waals surface area contributed by atoms with E-state index in [1.807, 2.05) is 30.3 Å². The molecule has 110 valence electrons. The molecule has 0 aliphatic heterocycles. The van der Waals surface area contributed by atoms with Crippen LogP contribution in [-0.4, -0.2) is 16.2 Å². The molecule has 21 heavy (non-hydrogen) atoms. The van der Waals surface area contributed by atoms with Crippen LogP contribution in [0.3, 0.4) is 0 Å². The number of aromatic amines is 1. The highest BCUT2D eigenvalue weighted by molar-refractivity contribution is 5.13. The van der Waals surface area contributed by atoms with Gasteiger partial charge in [0, 0.05) is 24.9 Å². The van der Waals surface area contributed by atoms with E-state index < -0.39 is 0 Å². The molecule has 0 unspecified atom stereocenters. The smallest absolute Gasteiger partial charge is 0.328 e. The summed E-state index contributed by atoms with van der Waals surface area (Å²) in [7, 11) is 0. The maximum atomic E-state index is 11.7. The molecule has 0 spiro atoms. The van der Waals surface area contributed by atoms with Crippen LogP contribution in [-0.2, 0) is 11.3 Å². The van der Waals surface area contributed by atoms with E-state index in [4.69, 9.17) is 4.74 Å². The summed E-state index contributed by atoms with van der Waals surface area (Å²) in [5, 5.41) is 0. The molecule has 1 aliphatic carbocycles. The van der Waals surface area contributed by atoms with Crippen molar-refractivity contribution in [3.8, 4) is 0 Å². The average Bonchev–Trinajstić information content (AvgIpc) is 2.44. The molecule has 1 N–H and O–H groups in total. The van der Waals surface area contributed by atoms with E-state index in [2.05, 4.69) is 4.98 Å². The molecule has 1 aliphatic rings. The summed E-state index contributed by atoms with van der Waals surface area (Å²) in [4.78, 5) is 25.0. The second kappa shape index (κ2) is 6.10. The van der Waals surface area contributed by atoms with Crippen LogP contribution in [0.4, 0.5) is 0 Å². The predicted octanol–water partition coefficient (Wildman–Crippen LogP) is 1.70. The Morgan fingerprint density at radius 3 is 2.62 bits per heavy atom. The van der Waals surface area contributed by atoms with Gasteiger partial charge in [-0.15, -0.1) is 0 Å². The van der Waals surface area contributed by atoms with Gasteiger partial charge in [-0.3, -0.25) is 14.3 Å². The monoisotopic (exact) mass is 286 g/mol. The summed E-state index contributed by atoms with van der Waals surface area (Å²) in [5.74, 6) is 0.484. The highest BCUT2D eigenvalue weighted by Gasteiger charge is 2.31. The molecule has 0 atom stereocenters. The highest BCUT2D eigenvalue weighted by Crippen LogP contribution is 2.36. The van der Waals surface area contributed by atoms with Crippen LogP contribution in [0.5, 0.6) is 0 Å². The van der Waals surface area contributed by atoms with Gasteiger partial charge in [-0.25, -0.2) is 4.79 Å². The number of benzene rings is 1. The molecular formula is C16H18N2O3. The minimum Gasteiger partial charge on any atom is -0.376 e. The lowest BCUT2D eigenvalue weighted by Crippen LogP contribution is -2.38. The van der Waals surface area contributed by atoms with Crippen molar-refractivity contribution in [1.29, 1.82) is 0 Å². The van der Waals surface area contributed by atoms with E-state index in [1.165, 1.54) is 11.6 Å². The van der Waals surface area contributed by atoms with Crippen LogP contribution in [0.2, 0.25) is 0 Å². The van der Waals surface area contributed by atoms with E-state index >= 15 is 0 Å². The number of hydrogen-bond donors (Lipinski definition) is 1. The molecule has 5 nitrogen and oxygen atoms in total. The normalized spacial score (nSPS) is 21.0. The molecule has 3 rings (SSSR count). The van der Waals surface area contributed by atoms with E-state index in [0.29, 0.717) is 19.1 Å². The van der Waals surface area contributed by atoms with Gasteiger partial charge in [0.2, 0.25) is 0 Å². The zero-order valence-electron chi connectivity index (χ0n) is 11.7. The van der Waals surface area contributed by atoms with Gasteiger partial charge in [-0.2, -0.15) is 0 Å². The van der Waals surface area contributed by atoms with Crippen molar-refractivity contribution in [3.05, 3.63) is 69.0 Å². The minimum absolute atomic E-state index is 0.180. The molecule has 2 aromatic rings. The maximum Gasteiger partial charge on any atom is 0.328 e. The molecule has 0 radical (unpaired) electrons. The van der Waals surface area contributed by atoms with Gasteiger partial charge in [0.15, 0.2) is 0 Å². The molecule has 1 aromatic carbocycles. The Hall–Kier alpha value is -2.14. The number of aromatic nitrogens is 2. The van der Waals surface area contributed by atoms with Gasteiger partial charge >= 0.3 is 5.69 Å². The molecule has 0 bridgehead atoms. The maximum absolute atomic E-state index is 11.7. The zero-order valence-corrected chi connectivity index (χ0v) is 11.7. The molecule has 0 saturated heterocycles. The molecule has 1 fully saturated rings. The Labute approximate surface area is 122 Å². The molecule has 0 amide bonds. The van der Waals surface area contributed by atoms with Crippen LogP contribution in [0, 0.1) is 5.92 Å². The summed E-state index contributed by atoms with van der Waals surface area (Å²) >= 11 is 0. The summed E-state index contributed by atoms with van der Waals surface area (Å²) < 4.78 is 7.32. The fourth-order valence-corrected chi connectivity index (χ4v) is 2.70. The first kappa shape index (κ1) is 13.8. The van der Waals surface area contributed by atoms with Crippen LogP contribution in [0.15, 0.2) is 52.2 Å². The SMILES string of the molecule is O=c1ccn([C@H]2C[C@H](COCc3ccccc3)C2)c(=O)[nH]1. The first-order valence-corrected chi connectivity index (χ1v) is 7.15. The number of nitrogens with zero attached hydrogens (tertiary/aromatic N) is 1. The molecule has 5 heteroatoms. The van der Waals surface area contributed by atoms with Crippen molar-refractivity contribution in [2.24, 2.45) is 5.92 Å². The standard InChI is InChI=1S/C16H18N2O3/c19-15-6-7-18(16(20)17-15)14-8-13(9-14)11-21-10-12-4-2-1-3-5-12/h1-7,13-14H,8-11H2,(H,17,19,20)/t13-,14-. The average molecular weight is 286 g/mol. The molecular weight excluding hydrogens is 268 g/mol. The Morgan fingerprint density at radius 1 is 1.14 bits per heavy atom. The molecule has 1 heterocycles. The first-order chi connectivity index (χ1) is 10.2. The molecule has 1 aromatic heterocycles. The van der Waals surface area contributed by atoms with Gasteiger partial charge in [-0.05, 0) is 24.3 Å². The Kier molecular flexibility index (Phi) is 4.01. The molecule has 1 saturated carbocycles. The van der Waals surface area contributed by atoms with Gasteiger partial charge < -0.3 is 4.74 Å². The van der Waals surface area contributed by atoms with Gasteiger partial charge in [0.1, 0.15) is 0 Å². The highest BCUT2D eigenvalue weighted by atomic mass is 16.5. The number of nitrogens with one attached hydrogen (secondary N) is 1. The summed E-state index contributed by atoms with van der Waals surface area (Å²) in [5.41, 5.74) is 0.500. The van der Waals surface area contributed by atoms with Crippen molar-refractivity contribution < 1.29 is 4.74 Å². The van der Waals surface area contributed by atoms with Crippen molar-refractivity contribution >= 4 is 0 Å². The fraction of sp³-hybridized carbons (Fsp3) is 0.375. The third-order valence-corrected chi connectivity index (χ3v) is 3.92. The van der Waals surface area contributed by atoms with Gasteiger partial charge in [0.05, 0.1) is 6.61 Å². The second-order valence-corrected chi connectivity index (χ2v) is 5.51. The summed E-state index contributed by atoms with van der Waals surface area (Å²) in [6.07, 6.45) is 3.41. The third-order valence-electron chi connectivity index (χ3n) is 3.92. The van der Waals surface area contributed by atoms with Crippen LogP contribution in [0.1, 0.15) is 24.4 Å². The quantitative estimate of drug-likeness (QED) is 0.910. The summed E-state index contributed by atoms with van der Waals surface area (Å²) in [6.45, 7) is 1.34. The number of rotatable bonds is 5. The van der Waals surface area contributed by atoms with Gasteiger partial charge in [-0.1, -0.05) is 30.3 Å². The van der Waals surface area contributed by atoms with E-state index in [-0.39, 0.29) is 17.3 Å². The zero-order chi connectivity index (χ0) is 14.7. The first-order valence-electron chi connectivity index (χ1n) is 7.15. The van der Waals surface area contributed by atoms with E-state index in [0.717, 1.165) is 12.8 Å². The van der Waals surface area contributed by atoms with E-state index in [9.17, 15) is 9.59 Å². The summed E-state index contributed by atoms with van der Waals surface area (Å²) in [6, 6.07) is 11.6. The van der Waals surface area contributed by atoms with Crippen molar-refractivity contribution in [1.82, 2.24) is 9.55 Å². The van der Waals surface area contributed by atoms with Gasteiger partial charge in [0.25, 0.3) is 5.56 Å². The fourth-order valence-electron chi connectivity index (χ4n) is 2.70. The van der Waals surface area contributed by atoms with Crippen LogP contribution < -0.4 is 11.2 Å². The lowest BCUT2D eigenvalue weighted by atomic mass is 9.80. The predicted molar refractivity (Wildman–Crippen MR) is 79.2 cm³/mol. The van der Waals surface area contributed by atoms with E-state index in [1.54, 1.807) is 10.8 Å². The van der Waals surface area contributed by atoms with Crippen molar-refractivity contribution in [2.45, 2.75) is 25.5 Å². The number of hydrogen-bond acceptors (Lipinski definition) is 3. The Balaban J connectivity index is 1.46. The lowest BCUT2D eigenvalue weighted by Gasteiger charge is -2.36. The Morgan fingerprint density at radius 2 is 1.90 bits per heavy atom.